The summed E-state index contributed by atoms with van der Waals surface area (Å²) in [6.07, 6.45) is 32.5. The molecule has 10 nitrogen and oxygen atoms in total. The van der Waals surface area contributed by atoms with E-state index in [-0.39, 0.29) is 26.1 Å². The Morgan fingerprint density at radius 2 is 1.09 bits per heavy atom. The van der Waals surface area contributed by atoms with Crippen LogP contribution in [0.25, 0.3) is 0 Å². The van der Waals surface area contributed by atoms with Crippen molar-refractivity contribution < 1.29 is 49.0 Å². The summed E-state index contributed by atoms with van der Waals surface area (Å²) in [6.45, 7) is 3.27. The molecule has 0 aromatic carbocycles. The van der Waals surface area contributed by atoms with Gasteiger partial charge in [0.15, 0.2) is 12.4 Å². The molecule has 4 N–H and O–H groups in total. The lowest BCUT2D eigenvalue weighted by atomic mass is 9.99. The highest BCUT2D eigenvalue weighted by Crippen LogP contribution is 2.22. The molecule has 1 saturated heterocycles. The Morgan fingerprint density at radius 1 is 0.585 bits per heavy atom. The van der Waals surface area contributed by atoms with Crippen LogP contribution in [0.5, 0.6) is 0 Å². The second-order valence-corrected chi connectivity index (χ2v) is 13.7. The molecule has 1 heterocycles. The van der Waals surface area contributed by atoms with Gasteiger partial charge in [0, 0.05) is 12.8 Å². The topological polar surface area (TPSA) is 152 Å². The van der Waals surface area contributed by atoms with Crippen LogP contribution in [0.1, 0.15) is 142 Å². The molecular formula is C43H72O10. The molecule has 6 atom stereocenters. The number of carbonyl (C=O) groups excluding carboxylic acids is 2. The Morgan fingerprint density at radius 3 is 1.66 bits per heavy atom. The first kappa shape index (κ1) is 48.4. The zero-order valence-electron chi connectivity index (χ0n) is 32.7. The molecule has 0 amide bonds. The van der Waals surface area contributed by atoms with Gasteiger partial charge in [-0.25, -0.2) is 0 Å². The Balaban J connectivity index is 2.43. The van der Waals surface area contributed by atoms with E-state index in [0.29, 0.717) is 12.8 Å². The number of ether oxygens (including phenoxy) is 4. The third-order valence-corrected chi connectivity index (χ3v) is 8.92. The van der Waals surface area contributed by atoms with Crippen LogP contribution in [-0.4, -0.2) is 89.0 Å². The quantitative estimate of drug-likeness (QED) is 0.0304. The highest BCUT2D eigenvalue weighted by Gasteiger charge is 2.44. The standard InChI is InChI=1S/C43H72O10/c1-3-5-7-9-11-13-14-15-16-17-18-19-20-21-22-24-26-28-30-32-39(46)52-36(35-51-43-42(49)41(48)40(47)37(33-44)53-43)34-50-38(45)31-29-27-25-23-12-10-8-6-4-2/h11,13,15-16,18-19,21-22,26,28,36-37,40-44,47-49H,3-10,12,14,17,20,23-25,27,29-35H2,1-2H3/b13-11+,16-15+,19-18+,22-21+,28-26+/t36-,37-,40+,41?,42?,43-/m1/s1. The summed E-state index contributed by atoms with van der Waals surface area (Å²) < 4.78 is 22.0. The van der Waals surface area contributed by atoms with Crippen molar-refractivity contribution in [3.63, 3.8) is 0 Å². The van der Waals surface area contributed by atoms with Crippen LogP contribution in [0.15, 0.2) is 60.8 Å². The zero-order valence-corrected chi connectivity index (χ0v) is 32.7. The molecule has 0 radical (unpaired) electrons. The van der Waals surface area contributed by atoms with E-state index in [1.807, 2.05) is 12.2 Å². The first-order valence-electron chi connectivity index (χ1n) is 20.4. The number of esters is 2. The normalized spacial score (nSPS) is 21.5. The number of rotatable bonds is 32. The van der Waals surface area contributed by atoms with Crippen molar-refractivity contribution in [2.45, 2.75) is 179 Å². The molecule has 0 bridgehead atoms. The van der Waals surface area contributed by atoms with Gasteiger partial charge in [0.25, 0.3) is 0 Å². The van der Waals surface area contributed by atoms with E-state index in [2.05, 4.69) is 62.5 Å². The summed E-state index contributed by atoms with van der Waals surface area (Å²) in [7, 11) is 0. The Labute approximate surface area is 320 Å². The molecule has 0 saturated carbocycles. The van der Waals surface area contributed by atoms with Crippen molar-refractivity contribution >= 4 is 11.9 Å². The summed E-state index contributed by atoms with van der Waals surface area (Å²) in [5, 5.41) is 39.9. The average molecular weight is 749 g/mol. The lowest BCUT2D eigenvalue weighted by molar-refractivity contribution is -0.305. The number of allylic oxidation sites excluding steroid dienone is 10. The van der Waals surface area contributed by atoms with Crippen molar-refractivity contribution in [3.05, 3.63) is 60.8 Å². The van der Waals surface area contributed by atoms with E-state index >= 15 is 0 Å². The molecule has 2 unspecified atom stereocenters. The Hall–Kier alpha value is -2.60. The molecule has 0 spiro atoms. The molecule has 1 rings (SSSR count). The van der Waals surface area contributed by atoms with Crippen LogP contribution in [0, 0.1) is 0 Å². The molecule has 0 aromatic heterocycles. The maximum absolute atomic E-state index is 12.7. The van der Waals surface area contributed by atoms with E-state index in [4.69, 9.17) is 18.9 Å². The minimum absolute atomic E-state index is 0.105. The van der Waals surface area contributed by atoms with Gasteiger partial charge in [0.1, 0.15) is 31.0 Å². The largest absolute Gasteiger partial charge is 0.462 e. The fourth-order valence-corrected chi connectivity index (χ4v) is 5.64. The van der Waals surface area contributed by atoms with Crippen LogP contribution >= 0.6 is 0 Å². The van der Waals surface area contributed by atoms with Crippen LogP contribution in [0.2, 0.25) is 0 Å². The maximum atomic E-state index is 12.7. The highest BCUT2D eigenvalue weighted by atomic mass is 16.7. The number of unbranched alkanes of at least 4 members (excludes halogenated alkanes) is 11. The number of aliphatic hydroxyl groups excluding tert-OH is 4. The fourth-order valence-electron chi connectivity index (χ4n) is 5.64. The zero-order chi connectivity index (χ0) is 38.8. The third-order valence-electron chi connectivity index (χ3n) is 8.92. The monoisotopic (exact) mass is 749 g/mol. The van der Waals surface area contributed by atoms with Gasteiger partial charge in [-0.05, 0) is 51.4 Å². The van der Waals surface area contributed by atoms with Gasteiger partial charge in [-0.15, -0.1) is 0 Å². The van der Waals surface area contributed by atoms with E-state index in [9.17, 15) is 30.0 Å². The average Bonchev–Trinajstić information content (AvgIpc) is 3.15. The summed E-state index contributed by atoms with van der Waals surface area (Å²) in [6, 6.07) is 0. The van der Waals surface area contributed by atoms with Crippen LogP contribution in [-0.2, 0) is 28.5 Å². The first-order valence-corrected chi connectivity index (χ1v) is 20.4. The van der Waals surface area contributed by atoms with E-state index in [1.165, 1.54) is 57.8 Å². The summed E-state index contributed by atoms with van der Waals surface area (Å²) in [5.74, 6) is -0.911. The SMILES string of the molecule is CCCCC/C=C/C/C=C/C/C=C/C/C=C/C/C=C/CCC(=O)O[C@H](COC(=O)CCCCCCCCCCC)CO[C@@H]1O[C@H](CO)[C@H](O)C(O)C1O. The molecule has 1 aliphatic rings. The highest BCUT2D eigenvalue weighted by molar-refractivity contribution is 5.70. The van der Waals surface area contributed by atoms with Gasteiger partial charge in [0.2, 0.25) is 0 Å². The van der Waals surface area contributed by atoms with Gasteiger partial charge in [0.05, 0.1) is 13.2 Å². The Kier molecular flexibility index (Phi) is 31.0. The molecule has 0 aliphatic carbocycles. The number of aliphatic hydroxyl groups is 4. The second kappa shape index (κ2) is 33.9. The number of carbonyl (C=O) groups is 2. The third kappa shape index (κ3) is 25.9. The molecular weight excluding hydrogens is 676 g/mol. The fraction of sp³-hybridized carbons (Fsp3) is 0.721. The number of hydrogen-bond acceptors (Lipinski definition) is 10. The first-order chi connectivity index (χ1) is 25.8. The van der Waals surface area contributed by atoms with Gasteiger partial charge in [-0.3, -0.25) is 9.59 Å². The van der Waals surface area contributed by atoms with Crippen LogP contribution in [0.4, 0.5) is 0 Å². The lowest BCUT2D eigenvalue weighted by Crippen LogP contribution is -2.59. The second-order valence-electron chi connectivity index (χ2n) is 13.7. The van der Waals surface area contributed by atoms with E-state index in [1.54, 1.807) is 0 Å². The predicted molar refractivity (Wildman–Crippen MR) is 210 cm³/mol. The van der Waals surface area contributed by atoms with Gasteiger partial charge in [-0.2, -0.15) is 0 Å². The molecule has 1 aliphatic heterocycles. The van der Waals surface area contributed by atoms with Gasteiger partial charge >= 0.3 is 11.9 Å². The summed E-state index contributed by atoms with van der Waals surface area (Å²) in [5.41, 5.74) is 0. The van der Waals surface area contributed by atoms with E-state index < -0.39 is 55.4 Å². The summed E-state index contributed by atoms with van der Waals surface area (Å²) in [4.78, 5) is 25.1. The van der Waals surface area contributed by atoms with Crippen molar-refractivity contribution in [2.75, 3.05) is 19.8 Å². The predicted octanol–water partition coefficient (Wildman–Crippen LogP) is 7.88. The van der Waals surface area contributed by atoms with Crippen molar-refractivity contribution in [3.8, 4) is 0 Å². The molecule has 304 valence electrons. The molecule has 1 fully saturated rings. The summed E-state index contributed by atoms with van der Waals surface area (Å²) >= 11 is 0. The smallest absolute Gasteiger partial charge is 0.306 e. The molecule has 53 heavy (non-hydrogen) atoms. The molecule has 10 heteroatoms. The lowest BCUT2D eigenvalue weighted by Gasteiger charge is -2.39. The Bertz CT molecular complexity index is 1050. The number of hydrogen-bond donors (Lipinski definition) is 4. The van der Waals surface area contributed by atoms with E-state index in [0.717, 1.165) is 44.9 Å². The van der Waals surface area contributed by atoms with Crippen molar-refractivity contribution in [2.24, 2.45) is 0 Å². The minimum atomic E-state index is -1.61. The van der Waals surface area contributed by atoms with Crippen LogP contribution < -0.4 is 0 Å². The van der Waals surface area contributed by atoms with Gasteiger partial charge in [-0.1, -0.05) is 139 Å². The van der Waals surface area contributed by atoms with Crippen molar-refractivity contribution in [1.29, 1.82) is 0 Å². The van der Waals surface area contributed by atoms with Crippen molar-refractivity contribution in [1.82, 2.24) is 0 Å². The molecule has 0 aromatic rings. The maximum Gasteiger partial charge on any atom is 0.306 e. The van der Waals surface area contributed by atoms with Crippen LogP contribution in [0.3, 0.4) is 0 Å². The minimum Gasteiger partial charge on any atom is -0.462 e. The van der Waals surface area contributed by atoms with Gasteiger partial charge < -0.3 is 39.4 Å².